The number of ether oxygens (including phenoxy) is 1. The number of hydrogen-bond donors (Lipinski definition) is 3. The van der Waals surface area contributed by atoms with Gasteiger partial charge in [-0.25, -0.2) is 4.79 Å². The number of anilines is 1. The predicted octanol–water partition coefficient (Wildman–Crippen LogP) is 6.59. The molecule has 0 saturated heterocycles. The van der Waals surface area contributed by atoms with Gasteiger partial charge in [0.2, 0.25) is 12.8 Å². The van der Waals surface area contributed by atoms with Gasteiger partial charge in [0.25, 0.3) is 11.5 Å². The summed E-state index contributed by atoms with van der Waals surface area (Å²) < 4.78 is 11.7. The molecule has 49 heavy (non-hydrogen) atoms. The summed E-state index contributed by atoms with van der Waals surface area (Å²) in [7, 11) is 1.34. The van der Waals surface area contributed by atoms with E-state index in [-0.39, 0.29) is 23.5 Å². The van der Waals surface area contributed by atoms with E-state index in [9.17, 15) is 24.0 Å². The normalized spacial score (nSPS) is 13.7. The summed E-state index contributed by atoms with van der Waals surface area (Å²) in [6.45, 7) is 17.5. The first-order chi connectivity index (χ1) is 23.2. The topological polar surface area (TPSA) is 149 Å². The second kappa shape index (κ2) is 22.3. The largest absolute Gasteiger partial charge is 0.466 e. The van der Waals surface area contributed by atoms with Gasteiger partial charge in [0.1, 0.15) is 11.4 Å². The fourth-order valence-electron chi connectivity index (χ4n) is 5.43. The SMILES string of the molecule is CCCC(CC(C)NC=O)C(C)(C)C.CCn1cccc(NC=O)c1=O.COC(=O)/C=C/CC[C@@H](C)NC(=O)c1oc2c(c1C)CCC=C2. The van der Waals surface area contributed by atoms with E-state index in [0.717, 1.165) is 49.0 Å². The molecule has 2 heterocycles. The van der Waals surface area contributed by atoms with Crippen LogP contribution in [-0.4, -0.2) is 48.5 Å². The van der Waals surface area contributed by atoms with Crippen molar-refractivity contribution in [3.63, 3.8) is 0 Å². The molecule has 0 saturated carbocycles. The van der Waals surface area contributed by atoms with Crippen molar-refractivity contribution in [3.8, 4) is 0 Å². The van der Waals surface area contributed by atoms with Crippen LogP contribution in [0.1, 0.15) is 114 Å². The van der Waals surface area contributed by atoms with Crippen LogP contribution in [-0.2, 0) is 32.1 Å². The summed E-state index contributed by atoms with van der Waals surface area (Å²) in [5.74, 6) is 1.34. The van der Waals surface area contributed by atoms with E-state index in [1.807, 2.05) is 26.8 Å². The second-order valence-corrected chi connectivity index (χ2v) is 13.3. The Morgan fingerprint density at radius 3 is 2.39 bits per heavy atom. The maximum atomic E-state index is 12.4. The molecule has 3 atom stereocenters. The average molecular weight is 683 g/mol. The number of methoxy groups -OCH3 is 1. The van der Waals surface area contributed by atoms with Crippen molar-refractivity contribution in [2.24, 2.45) is 11.3 Å². The number of pyridine rings is 1. The quantitative estimate of drug-likeness (QED) is 0.109. The van der Waals surface area contributed by atoms with Gasteiger partial charge in [0.05, 0.1) is 7.11 Å². The molecule has 0 radical (unpaired) electrons. The number of aromatic nitrogens is 1. The lowest BCUT2D eigenvalue weighted by atomic mass is 9.75. The maximum Gasteiger partial charge on any atom is 0.330 e. The van der Waals surface area contributed by atoms with Crippen LogP contribution in [0.4, 0.5) is 5.69 Å². The summed E-state index contributed by atoms with van der Waals surface area (Å²) in [6.07, 6.45) is 17.0. The summed E-state index contributed by atoms with van der Waals surface area (Å²) >= 11 is 0. The van der Waals surface area contributed by atoms with Crippen LogP contribution >= 0.6 is 0 Å². The molecule has 0 spiro atoms. The van der Waals surface area contributed by atoms with Crippen LogP contribution in [0.5, 0.6) is 0 Å². The first-order valence-electron chi connectivity index (χ1n) is 17.2. The molecule has 0 fully saturated rings. The first-order valence-corrected chi connectivity index (χ1v) is 17.2. The molecule has 0 aromatic carbocycles. The van der Waals surface area contributed by atoms with Gasteiger partial charge in [-0.1, -0.05) is 52.7 Å². The Hall–Kier alpha value is -4.41. The number of amides is 3. The molecule has 1 aliphatic carbocycles. The highest BCUT2D eigenvalue weighted by atomic mass is 16.5. The molecule has 272 valence electrons. The number of fused-ring (bicyclic) bond motifs is 1. The molecule has 2 aromatic heterocycles. The number of rotatable bonds is 15. The van der Waals surface area contributed by atoms with Crippen LogP contribution < -0.4 is 21.5 Å². The molecule has 1 aliphatic rings. The number of allylic oxidation sites excluding steroid dienone is 2. The fourth-order valence-corrected chi connectivity index (χ4v) is 5.43. The van der Waals surface area contributed by atoms with E-state index < -0.39 is 0 Å². The molecule has 3 N–H and O–H groups in total. The van der Waals surface area contributed by atoms with Crippen LogP contribution in [0.25, 0.3) is 6.08 Å². The Morgan fingerprint density at radius 1 is 1.10 bits per heavy atom. The van der Waals surface area contributed by atoms with Gasteiger partial charge >= 0.3 is 5.97 Å². The van der Waals surface area contributed by atoms with E-state index in [2.05, 4.69) is 61.4 Å². The van der Waals surface area contributed by atoms with Gasteiger partial charge in [-0.2, -0.15) is 0 Å². The van der Waals surface area contributed by atoms with Gasteiger partial charge in [-0.15, -0.1) is 0 Å². The molecular weight excluding hydrogens is 624 g/mol. The van der Waals surface area contributed by atoms with Crippen molar-refractivity contribution >= 4 is 36.5 Å². The summed E-state index contributed by atoms with van der Waals surface area (Å²) in [5, 5.41) is 8.10. The molecule has 2 aromatic rings. The molecule has 3 rings (SSSR count). The first kappa shape index (κ1) is 42.6. The third-order valence-electron chi connectivity index (χ3n) is 8.37. The number of esters is 1. The van der Waals surface area contributed by atoms with Gasteiger partial charge in [0, 0.05) is 42.0 Å². The van der Waals surface area contributed by atoms with Crippen LogP contribution in [0.3, 0.4) is 0 Å². The van der Waals surface area contributed by atoms with Gasteiger partial charge in [-0.05, 0) is 89.3 Å². The average Bonchev–Trinajstić information content (AvgIpc) is 3.40. The van der Waals surface area contributed by atoms with Gasteiger partial charge in [-0.3, -0.25) is 19.2 Å². The highest BCUT2D eigenvalue weighted by Gasteiger charge is 2.25. The van der Waals surface area contributed by atoms with E-state index in [1.165, 1.54) is 30.6 Å². The number of nitrogens with one attached hydrogen (secondary N) is 3. The lowest BCUT2D eigenvalue weighted by molar-refractivity contribution is -0.134. The molecule has 11 nitrogen and oxygen atoms in total. The smallest absolute Gasteiger partial charge is 0.330 e. The minimum atomic E-state index is -0.369. The minimum Gasteiger partial charge on any atom is -0.466 e. The molecular formula is C38H58N4O7. The Morgan fingerprint density at radius 2 is 1.82 bits per heavy atom. The highest BCUT2D eigenvalue weighted by Crippen LogP contribution is 2.33. The third kappa shape index (κ3) is 15.1. The van der Waals surface area contributed by atoms with Crippen LogP contribution in [0, 0.1) is 18.3 Å². The molecule has 0 bridgehead atoms. The summed E-state index contributed by atoms with van der Waals surface area (Å²) in [4.78, 5) is 55.0. The van der Waals surface area contributed by atoms with Crippen molar-refractivity contribution in [3.05, 3.63) is 69.6 Å². The zero-order valence-electron chi connectivity index (χ0n) is 30.9. The summed E-state index contributed by atoms with van der Waals surface area (Å²) in [5.41, 5.74) is 2.54. The zero-order chi connectivity index (χ0) is 37.0. The number of aryl methyl sites for hydroxylation is 1. The number of furan rings is 1. The Balaban J connectivity index is 0.000000397. The van der Waals surface area contributed by atoms with E-state index in [4.69, 9.17) is 4.42 Å². The summed E-state index contributed by atoms with van der Waals surface area (Å²) in [6, 6.07) is 3.57. The van der Waals surface area contributed by atoms with Crippen molar-refractivity contribution in [2.75, 3.05) is 12.4 Å². The predicted molar refractivity (Wildman–Crippen MR) is 195 cm³/mol. The van der Waals surface area contributed by atoms with Crippen molar-refractivity contribution in [1.82, 2.24) is 15.2 Å². The van der Waals surface area contributed by atoms with E-state index in [0.29, 0.717) is 48.2 Å². The van der Waals surface area contributed by atoms with Crippen LogP contribution in [0.15, 0.2) is 45.8 Å². The van der Waals surface area contributed by atoms with Crippen molar-refractivity contribution in [2.45, 2.75) is 119 Å². The lowest BCUT2D eigenvalue weighted by Crippen LogP contribution is -2.32. The maximum absolute atomic E-state index is 12.4. The third-order valence-corrected chi connectivity index (χ3v) is 8.37. The van der Waals surface area contributed by atoms with Crippen LogP contribution in [0.2, 0.25) is 0 Å². The van der Waals surface area contributed by atoms with E-state index >= 15 is 0 Å². The van der Waals surface area contributed by atoms with Crippen molar-refractivity contribution in [1.29, 1.82) is 0 Å². The molecule has 0 aliphatic heterocycles. The Kier molecular flexibility index (Phi) is 19.4. The number of carbonyl (C=O) groups excluding carboxylic acids is 4. The second-order valence-electron chi connectivity index (χ2n) is 13.3. The fraction of sp³-hybridized carbons (Fsp3) is 0.553. The monoisotopic (exact) mass is 682 g/mol. The van der Waals surface area contributed by atoms with Crippen molar-refractivity contribution < 1.29 is 28.3 Å². The highest BCUT2D eigenvalue weighted by molar-refractivity contribution is 5.94. The van der Waals surface area contributed by atoms with Gasteiger partial charge in [0.15, 0.2) is 5.76 Å². The van der Waals surface area contributed by atoms with E-state index in [1.54, 1.807) is 24.4 Å². The Labute approximate surface area is 291 Å². The standard InChI is InChI=1S/C18H23NO4.C12H25NO.C8H10N2O2/c1-12(8-4-7-11-16(20)22-3)19-18(21)17-13(2)14-9-5-6-10-15(14)23-17;1-6-7-11(12(3,4)5)8-10(2)13-9-14;1-2-10-5-3-4-7(8(10)12)9-6-11/h6-7,10-12H,4-5,8-9H2,1-3H3,(H,19,21);9-11H,6-8H2,1-5H3,(H,13,14);3-6H,2H2,1H3,(H,9,11)/b11-7+;;/t12-;;/m1../s1. The lowest BCUT2D eigenvalue weighted by Gasteiger charge is -2.32. The molecule has 3 amide bonds. The number of hydrogen-bond acceptors (Lipinski definition) is 7. The molecule has 11 heteroatoms. The zero-order valence-corrected chi connectivity index (χ0v) is 30.9. The molecule has 2 unspecified atom stereocenters. The Bertz CT molecular complexity index is 1450. The van der Waals surface area contributed by atoms with Gasteiger partial charge < -0.3 is 29.7 Å². The minimum absolute atomic E-state index is 0.0122. The number of carbonyl (C=O) groups is 4. The number of nitrogens with zero attached hydrogens (tertiary/aromatic N) is 1.